The summed E-state index contributed by atoms with van der Waals surface area (Å²) in [4.78, 5) is 0. The first-order chi connectivity index (χ1) is 7.31. The lowest BCUT2D eigenvalue weighted by Crippen LogP contribution is -2.18. The maximum atomic E-state index is 8.94. The summed E-state index contributed by atoms with van der Waals surface area (Å²) in [5.41, 5.74) is 1.69. The van der Waals surface area contributed by atoms with Gasteiger partial charge in [-0.05, 0) is 25.0 Å². The highest BCUT2D eigenvalue weighted by atomic mass is 14.9. The highest BCUT2D eigenvalue weighted by Gasteiger charge is 2.07. The summed E-state index contributed by atoms with van der Waals surface area (Å²) >= 11 is 0. The Morgan fingerprint density at radius 2 is 2.07 bits per heavy atom. The molecule has 1 atom stereocenters. The van der Waals surface area contributed by atoms with Gasteiger partial charge in [0.25, 0.3) is 0 Å². The Morgan fingerprint density at radius 1 is 1.33 bits per heavy atom. The number of para-hydroxylation sites is 1. The minimum atomic E-state index is 0.476. The number of nitrogens with one attached hydrogen (secondary N) is 1. The van der Waals surface area contributed by atoms with Crippen molar-refractivity contribution in [3.05, 3.63) is 29.8 Å². The van der Waals surface area contributed by atoms with Crippen LogP contribution in [0, 0.1) is 11.3 Å². The van der Waals surface area contributed by atoms with Gasteiger partial charge in [-0.2, -0.15) is 5.26 Å². The van der Waals surface area contributed by atoms with Gasteiger partial charge in [0.2, 0.25) is 0 Å². The second-order valence-electron chi connectivity index (χ2n) is 3.70. The van der Waals surface area contributed by atoms with E-state index in [9.17, 15) is 0 Å². The van der Waals surface area contributed by atoms with Crippen molar-refractivity contribution in [2.24, 2.45) is 0 Å². The van der Waals surface area contributed by atoms with Crippen LogP contribution in [0.2, 0.25) is 0 Å². The number of nitriles is 1. The molecule has 0 bridgehead atoms. The van der Waals surface area contributed by atoms with E-state index in [0.29, 0.717) is 6.04 Å². The fourth-order valence-corrected chi connectivity index (χ4v) is 1.65. The predicted molar refractivity (Wildman–Crippen MR) is 63.8 cm³/mol. The first kappa shape index (κ1) is 11.6. The number of rotatable bonds is 5. The molecule has 0 aliphatic carbocycles. The van der Waals surface area contributed by atoms with E-state index in [2.05, 4.69) is 25.2 Å². The van der Waals surface area contributed by atoms with E-state index < -0.39 is 0 Å². The number of hydrogen-bond donors (Lipinski definition) is 1. The highest BCUT2D eigenvalue weighted by Crippen LogP contribution is 2.17. The van der Waals surface area contributed by atoms with Gasteiger partial charge in [0.1, 0.15) is 6.07 Å². The molecule has 0 spiro atoms. The molecular formula is C13H18N2. The fraction of sp³-hybridized carbons (Fsp3) is 0.462. The summed E-state index contributed by atoms with van der Waals surface area (Å²) < 4.78 is 0. The molecule has 1 aromatic carbocycles. The molecule has 0 heterocycles. The quantitative estimate of drug-likeness (QED) is 0.792. The minimum Gasteiger partial charge on any atom is -0.381 e. The molecule has 1 N–H and O–H groups in total. The highest BCUT2D eigenvalue weighted by molar-refractivity contribution is 5.57. The second kappa shape index (κ2) is 6.08. The van der Waals surface area contributed by atoms with Crippen molar-refractivity contribution in [1.82, 2.24) is 0 Å². The molecule has 2 heteroatoms. The van der Waals surface area contributed by atoms with Crippen molar-refractivity contribution in [3.8, 4) is 6.07 Å². The molecule has 0 aliphatic rings. The summed E-state index contributed by atoms with van der Waals surface area (Å²) in [5, 5.41) is 12.4. The van der Waals surface area contributed by atoms with Gasteiger partial charge >= 0.3 is 0 Å². The van der Waals surface area contributed by atoms with Crippen LogP contribution in [0.15, 0.2) is 24.3 Å². The summed E-state index contributed by atoms with van der Waals surface area (Å²) in [6.07, 6.45) is 3.41. The molecule has 0 aliphatic heterocycles. The molecule has 0 radical (unpaired) electrons. The Kier molecular flexibility index (Phi) is 4.70. The predicted octanol–water partition coefficient (Wildman–Crippen LogP) is 3.55. The number of benzene rings is 1. The van der Waals surface area contributed by atoms with Gasteiger partial charge in [-0.1, -0.05) is 32.4 Å². The molecule has 15 heavy (non-hydrogen) atoms. The molecule has 1 unspecified atom stereocenters. The fourth-order valence-electron chi connectivity index (χ4n) is 1.65. The Hall–Kier alpha value is -1.49. The SMILES string of the molecule is CCCC(CC)Nc1ccccc1C#N. The van der Waals surface area contributed by atoms with E-state index in [1.165, 1.54) is 6.42 Å². The number of nitrogens with zero attached hydrogens (tertiary/aromatic N) is 1. The normalized spacial score (nSPS) is 11.8. The lowest BCUT2D eigenvalue weighted by atomic mass is 10.1. The Balaban J connectivity index is 2.74. The van der Waals surface area contributed by atoms with Crippen molar-refractivity contribution < 1.29 is 0 Å². The Morgan fingerprint density at radius 3 is 2.67 bits per heavy atom. The van der Waals surface area contributed by atoms with Crippen molar-refractivity contribution in [2.45, 2.75) is 39.2 Å². The number of anilines is 1. The minimum absolute atomic E-state index is 0.476. The molecule has 1 rings (SSSR count). The smallest absolute Gasteiger partial charge is 0.101 e. The zero-order valence-electron chi connectivity index (χ0n) is 9.46. The Labute approximate surface area is 91.9 Å². The molecule has 0 aromatic heterocycles. The molecule has 1 aromatic rings. The lowest BCUT2D eigenvalue weighted by molar-refractivity contribution is 0.622. The van der Waals surface area contributed by atoms with Crippen LogP contribution in [-0.4, -0.2) is 6.04 Å². The van der Waals surface area contributed by atoms with Crippen LogP contribution in [-0.2, 0) is 0 Å². The van der Waals surface area contributed by atoms with Crippen LogP contribution in [0.4, 0.5) is 5.69 Å². The summed E-state index contributed by atoms with van der Waals surface area (Å²) in [7, 11) is 0. The van der Waals surface area contributed by atoms with E-state index in [0.717, 1.165) is 24.1 Å². The lowest BCUT2D eigenvalue weighted by Gasteiger charge is -2.18. The van der Waals surface area contributed by atoms with E-state index in [1.807, 2.05) is 24.3 Å². The van der Waals surface area contributed by atoms with Gasteiger partial charge in [0.15, 0.2) is 0 Å². The molecule has 0 saturated carbocycles. The van der Waals surface area contributed by atoms with E-state index >= 15 is 0 Å². The first-order valence-corrected chi connectivity index (χ1v) is 5.57. The molecule has 80 valence electrons. The van der Waals surface area contributed by atoms with Crippen molar-refractivity contribution in [3.63, 3.8) is 0 Å². The zero-order valence-corrected chi connectivity index (χ0v) is 9.46. The third kappa shape index (κ3) is 3.28. The van der Waals surface area contributed by atoms with Gasteiger partial charge in [0.05, 0.1) is 11.3 Å². The van der Waals surface area contributed by atoms with Gasteiger partial charge < -0.3 is 5.32 Å². The molecule has 2 nitrogen and oxygen atoms in total. The monoisotopic (exact) mass is 202 g/mol. The third-order valence-corrected chi connectivity index (χ3v) is 2.54. The van der Waals surface area contributed by atoms with Crippen LogP contribution >= 0.6 is 0 Å². The summed E-state index contributed by atoms with van der Waals surface area (Å²) in [6, 6.07) is 10.4. The van der Waals surface area contributed by atoms with E-state index in [1.54, 1.807) is 0 Å². The molecule has 0 saturated heterocycles. The number of hydrogen-bond acceptors (Lipinski definition) is 2. The average Bonchev–Trinajstić information content (AvgIpc) is 2.29. The summed E-state index contributed by atoms with van der Waals surface area (Å²) in [5.74, 6) is 0. The van der Waals surface area contributed by atoms with Gasteiger partial charge in [-0.25, -0.2) is 0 Å². The van der Waals surface area contributed by atoms with Crippen LogP contribution in [0.1, 0.15) is 38.7 Å². The zero-order chi connectivity index (χ0) is 11.1. The van der Waals surface area contributed by atoms with Crippen LogP contribution in [0.3, 0.4) is 0 Å². The van der Waals surface area contributed by atoms with Crippen LogP contribution < -0.4 is 5.32 Å². The van der Waals surface area contributed by atoms with E-state index in [-0.39, 0.29) is 0 Å². The van der Waals surface area contributed by atoms with Crippen molar-refractivity contribution in [1.29, 1.82) is 5.26 Å². The molecule has 0 amide bonds. The summed E-state index contributed by atoms with van der Waals surface area (Å²) in [6.45, 7) is 4.35. The van der Waals surface area contributed by atoms with Crippen LogP contribution in [0.25, 0.3) is 0 Å². The standard InChI is InChI=1S/C13H18N2/c1-3-7-12(4-2)15-13-9-6-5-8-11(13)10-14/h5-6,8-9,12,15H,3-4,7H2,1-2H3. The van der Waals surface area contributed by atoms with E-state index in [4.69, 9.17) is 5.26 Å². The maximum absolute atomic E-state index is 8.94. The maximum Gasteiger partial charge on any atom is 0.101 e. The first-order valence-electron chi connectivity index (χ1n) is 5.57. The van der Waals surface area contributed by atoms with Crippen molar-refractivity contribution >= 4 is 5.69 Å². The van der Waals surface area contributed by atoms with Gasteiger partial charge in [-0.3, -0.25) is 0 Å². The van der Waals surface area contributed by atoms with Gasteiger partial charge in [0, 0.05) is 6.04 Å². The second-order valence-corrected chi connectivity index (χ2v) is 3.70. The van der Waals surface area contributed by atoms with Crippen LogP contribution in [0.5, 0.6) is 0 Å². The topological polar surface area (TPSA) is 35.8 Å². The third-order valence-electron chi connectivity index (χ3n) is 2.54. The Bertz CT molecular complexity index is 339. The molecular weight excluding hydrogens is 184 g/mol. The molecule has 0 fully saturated rings. The van der Waals surface area contributed by atoms with Crippen molar-refractivity contribution in [2.75, 3.05) is 5.32 Å². The average molecular weight is 202 g/mol. The largest absolute Gasteiger partial charge is 0.381 e. The van der Waals surface area contributed by atoms with Gasteiger partial charge in [-0.15, -0.1) is 0 Å².